The van der Waals surface area contributed by atoms with Gasteiger partial charge in [0.25, 0.3) is 0 Å². The van der Waals surface area contributed by atoms with Crippen LogP contribution in [0.5, 0.6) is 0 Å². The van der Waals surface area contributed by atoms with Crippen molar-refractivity contribution in [1.82, 2.24) is 0 Å². The first kappa shape index (κ1) is 15.0. The fourth-order valence-electron chi connectivity index (χ4n) is 1.76. The first-order chi connectivity index (χ1) is 7.41. The highest BCUT2D eigenvalue weighted by atomic mass is 14.0. The third kappa shape index (κ3) is 9.59. The Kier molecular flexibility index (Phi) is 7.73. The van der Waals surface area contributed by atoms with E-state index >= 15 is 0 Å². The molecule has 0 atom stereocenters. The molecule has 0 aliphatic rings. The summed E-state index contributed by atoms with van der Waals surface area (Å²) in [6.45, 7) is 12.8. The SMILES string of the molecule is CC(C)=C=C(C)CCCCC(C)=C=C(C)C. The Bertz CT molecular complexity index is 296. The van der Waals surface area contributed by atoms with E-state index in [9.17, 15) is 0 Å². The van der Waals surface area contributed by atoms with Crippen molar-refractivity contribution in [1.29, 1.82) is 0 Å². The highest BCUT2D eigenvalue weighted by Crippen LogP contribution is 2.11. The van der Waals surface area contributed by atoms with E-state index in [1.807, 2.05) is 0 Å². The van der Waals surface area contributed by atoms with Gasteiger partial charge in [0, 0.05) is 0 Å². The average Bonchev–Trinajstić information content (AvgIpc) is 2.10. The van der Waals surface area contributed by atoms with Gasteiger partial charge < -0.3 is 0 Å². The monoisotopic (exact) mass is 218 g/mol. The van der Waals surface area contributed by atoms with Gasteiger partial charge in [-0.05, 0) is 89.5 Å². The summed E-state index contributed by atoms with van der Waals surface area (Å²) in [5.74, 6) is 0. The molecule has 0 aromatic heterocycles. The Balaban J connectivity index is 3.96. The van der Waals surface area contributed by atoms with Crippen LogP contribution in [0, 0.1) is 0 Å². The van der Waals surface area contributed by atoms with Crippen molar-refractivity contribution < 1.29 is 0 Å². The molecule has 0 aromatic carbocycles. The summed E-state index contributed by atoms with van der Waals surface area (Å²) in [5, 5.41) is 0. The van der Waals surface area contributed by atoms with E-state index in [-0.39, 0.29) is 0 Å². The third-order valence-electron chi connectivity index (χ3n) is 2.28. The first-order valence-corrected chi connectivity index (χ1v) is 6.21. The largest absolute Gasteiger partial charge is 0.123 e. The van der Waals surface area contributed by atoms with E-state index in [1.165, 1.54) is 48.0 Å². The highest BCUT2D eigenvalue weighted by molar-refractivity contribution is 5.05. The molecule has 16 heavy (non-hydrogen) atoms. The maximum atomic E-state index is 3.37. The molecule has 0 bridgehead atoms. The van der Waals surface area contributed by atoms with E-state index in [4.69, 9.17) is 0 Å². The average molecular weight is 218 g/mol. The molecule has 90 valence electrons. The Hall–Kier alpha value is -0.960. The number of unbranched alkanes of at least 4 members (excludes halogenated alkanes) is 1. The zero-order valence-corrected chi connectivity index (χ0v) is 11.8. The van der Waals surface area contributed by atoms with Gasteiger partial charge in [-0.2, -0.15) is 0 Å². The molecule has 0 radical (unpaired) electrons. The van der Waals surface area contributed by atoms with Gasteiger partial charge in [0.1, 0.15) is 0 Å². The summed E-state index contributed by atoms with van der Waals surface area (Å²) in [5.41, 5.74) is 12.0. The van der Waals surface area contributed by atoms with Crippen molar-refractivity contribution in [2.45, 2.75) is 67.2 Å². The predicted molar refractivity (Wildman–Crippen MR) is 73.6 cm³/mol. The minimum absolute atomic E-state index is 1.17. The molecule has 0 aliphatic heterocycles. The van der Waals surface area contributed by atoms with Crippen molar-refractivity contribution in [2.24, 2.45) is 0 Å². The highest BCUT2D eigenvalue weighted by Gasteiger charge is 1.93. The lowest BCUT2D eigenvalue weighted by Gasteiger charge is -2.00. The van der Waals surface area contributed by atoms with Gasteiger partial charge in [0.2, 0.25) is 0 Å². The summed E-state index contributed by atoms with van der Waals surface area (Å²) in [7, 11) is 0. The van der Waals surface area contributed by atoms with E-state index < -0.39 is 0 Å². The van der Waals surface area contributed by atoms with Gasteiger partial charge in [-0.3, -0.25) is 0 Å². The van der Waals surface area contributed by atoms with Gasteiger partial charge in [-0.15, -0.1) is 11.5 Å². The van der Waals surface area contributed by atoms with Crippen LogP contribution in [0.2, 0.25) is 0 Å². The molecule has 0 saturated heterocycles. The molecule has 0 aromatic rings. The zero-order valence-electron chi connectivity index (χ0n) is 11.8. The first-order valence-electron chi connectivity index (χ1n) is 6.21. The van der Waals surface area contributed by atoms with Crippen LogP contribution in [-0.2, 0) is 0 Å². The van der Waals surface area contributed by atoms with Crippen LogP contribution in [0.3, 0.4) is 0 Å². The second-order valence-electron chi connectivity index (χ2n) is 5.02. The smallest absolute Gasteiger partial charge is 0.0247 e. The van der Waals surface area contributed by atoms with Crippen LogP contribution in [0.1, 0.15) is 67.2 Å². The van der Waals surface area contributed by atoms with E-state index in [0.29, 0.717) is 0 Å². The van der Waals surface area contributed by atoms with Gasteiger partial charge in [-0.25, -0.2) is 0 Å². The Morgan fingerprint density at radius 1 is 0.625 bits per heavy atom. The van der Waals surface area contributed by atoms with Gasteiger partial charge >= 0.3 is 0 Å². The minimum Gasteiger partial charge on any atom is -0.123 e. The summed E-state index contributed by atoms with van der Waals surface area (Å²) < 4.78 is 0. The van der Waals surface area contributed by atoms with Crippen molar-refractivity contribution in [3.8, 4) is 0 Å². The van der Waals surface area contributed by atoms with E-state index in [2.05, 4.69) is 53.0 Å². The lowest BCUT2D eigenvalue weighted by atomic mass is 10.1. The molecule has 0 heterocycles. The topological polar surface area (TPSA) is 0 Å². The van der Waals surface area contributed by atoms with Crippen LogP contribution in [0.25, 0.3) is 0 Å². The molecule has 0 fully saturated rings. The second kappa shape index (κ2) is 8.22. The molecule has 0 unspecified atom stereocenters. The number of hydrogen-bond donors (Lipinski definition) is 0. The molecule has 0 amide bonds. The van der Waals surface area contributed by atoms with Gasteiger partial charge in [0.05, 0.1) is 0 Å². The zero-order chi connectivity index (χ0) is 12.6. The molecule has 0 heteroatoms. The van der Waals surface area contributed by atoms with Crippen molar-refractivity contribution in [2.75, 3.05) is 0 Å². The molecule has 0 nitrogen and oxygen atoms in total. The molecule has 0 aliphatic carbocycles. The van der Waals surface area contributed by atoms with Crippen LogP contribution >= 0.6 is 0 Å². The van der Waals surface area contributed by atoms with Crippen LogP contribution in [0.15, 0.2) is 33.8 Å². The lowest BCUT2D eigenvalue weighted by Crippen LogP contribution is -1.81. The molecule has 0 saturated carbocycles. The fraction of sp³-hybridized carbons (Fsp3) is 0.625. The van der Waals surface area contributed by atoms with Gasteiger partial charge in [0.15, 0.2) is 0 Å². The van der Waals surface area contributed by atoms with Crippen LogP contribution < -0.4 is 0 Å². The van der Waals surface area contributed by atoms with Crippen LogP contribution in [-0.4, -0.2) is 0 Å². The number of rotatable bonds is 5. The molecule has 0 rings (SSSR count). The predicted octanol–water partition coefficient (Wildman–Crippen LogP) is 5.57. The molecular weight excluding hydrogens is 192 g/mol. The molecule has 0 N–H and O–H groups in total. The summed E-state index contributed by atoms with van der Waals surface area (Å²) in [6, 6.07) is 0. The second-order valence-corrected chi connectivity index (χ2v) is 5.02. The van der Waals surface area contributed by atoms with Crippen molar-refractivity contribution in [3.05, 3.63) is 33.8 Å². The maximum absolute atomic E-state index is 3.37. The van der Waals surface area contributed by atoms with Gasteiger partial charge in [-0.1, -0.05) is 0 Å². The Morgan fingerprint density at radius 2 is 0.938 bits per heavy atom. The standard InChI is InChI=1S/C16H26/c1-13(2)11-15(5)9-7-8-10-16(6)12-14(3)4/h7-10H2,1-6H3. The number of allylic oxidation sites excluding steroid dienone is 2. The molecular formula is C16H26. The summed E-state index contributed by atoms with van der Waals surface area (Å²) in [6.07, 6.45) is 4.86. The van der Waals surface area contributed by atoms with Crippen LogP contribution in [0.4, 0.5) is 0 Å². The van der Waals surface area contributed by atoms with E-state index in [1.54, 1.807) is 0 Å². The normalized spacial score (nSPS) is 9.12. The van der Waals surface area contributed by atoms with Crippen molar-refractivity contribution in [3.63, 3.8) is 0 Å². The number of hydrogen-bond acceptors (Lipinski definition) is 0. The maximum Gasteiger partial charge on any atom is -0.0247 e. The summed E-state index contributed by atoms with van der Waals surface area (Å²) >= 11 is 0. The Labute approximate surface area is 101 Å². The van der Waals surface area contributed by atoms with Crippen molar-refractivity contribution >= 4 is 0 Å². The Morgan fingerprint density at radius 3 is 1.19 bits per heavy atom. The lowest BCUT2D eigenvalue weighted by molar-refractivity contribution is 0.725. The fourth-order valence-corrected chi connectivity index (χ4v) is 1.76. The summed E-state index contributed by atoms with van der Waals surface area (Å²) in [4.78, 5) is 0. The quantitative estimate of drug-likeness (QED) is 0.418. The molecule has 0 spiro atoms. The minimum atomic E-state index is 1.17. The third-order valence-corrected chi connectivity index (χ3v) is 2.28. The van der Waals surface area contributed by atoms with E-state index in [0.717, 1.165) is 0 Å².